The first-order valence-corrected chi connectivity index (χ1v) is 8.18. The number of halogens is 2. The summed E-state index contributed by atoms with van der Waals surface area (Å²) < 4.78 is 14.1. The third-order valence-electron chi connectivity index (χ3n) is 4.55. The summed E-state index contributed by atoms with van der Waals surface area (Å²) in [4.78, 5) is 12.5. The van der Waals surface area contributed by atoms with Crippen molar-refractivity contribution < 1.29 is 9.18 Å². The normalized spacial score (nSPS) is 25.6. The largest absolute Gasteiger partial charge is 0.351 e. The van der Waals surface area contributed by atoms with E-state index in [9.17, 15) is 9.18 Å². The van der Waals surface area contributed by atoms with Gasteiger partial charge in [-0.3, -0.25) is 4.79 Å². The molecule has 5 heteroatoms. The number of hydrogen-bond acceptors (Lipinski definition) is 2. The van der Waals surface area contributed by atoms with E-state index >= 15 is 0 Å². The SMILES string of the molecule is CC1CCC(CN)(C(=O)NCc2cc(F)ccc2Br)CC1. The summed E-state index contributed by atoms with van der Waals surface area (Å²) in [5, 5.41) is 2.93. The molecule has 0 saturated heterocycles. The van der Waals surface area contributed by atoms with Gasteiger partial charge in [-0.1, -0.05) is 22.9 Å². The molecule has 0 aromatic heterocycles. The maximum atomic E-state index is 13.3. The Balaban J connectivity index is 2.01. The van der Waals surface area contributed by atoms with Gasteiger partial charge in [0.2, 0.25) is 5.91 Å². The Morgan fingerprint density at radius 1 is 1.48 bits per heavy atom. The average Bonchev–Trinajstić information content (AvgIpc) is 2.49. The maximum Gasteiger partial charge on any atom is 0.227 e. The van der Waals surface area contributed by atoms with Crippen LogP contribution >= 0.6 is 15.9 Å². The van der Waals surface area contributed by atoms with Gasteiger partial charge in [0.05, 0.1) is 5.41 Å². The van der Waals surface area contributed by atoms with Gasteiger partial charge >= 0.3 is 0 Å². The Labute approximate surface area is 133 Å². The smallest absolute Gasteiger partial charge is 0.227 e. The molecule has 3 N–H and O–H groups in total. The molecule has 0 atom stereocenters. The van der Waals surface area contributed by atoms with Gasteiger partial charge in [0.1, 0.15) is 5.82 Å². The molecule has 1 aliphatic rings. The van der Waals surface area contributed by atoms with Crippen LogP contribution in [0.25, 0.3) is 0 Å². The monoisotopic (exact) mass is 356 g/mol. The molecule has 0 unspecified atom stereocenters. The van der Waals surface area contributed by atoms with Crippen LogP contribution in [0.2, 0.25) is 0 Å². The summed E-state index contributed by atoms with van der Waals surface area (Å²) >= 11 is 3.37. The number of amides is 1. The minimum absolute atomic E-state index is 0.00642. The Morgan fingerprint density at radius 3 is 2.76 bits per heavy atom. The van der Waals surface area contributed by atoms with Gasteiger partial charge in [0.25, 0.3) is 0 Å². The van der Waals surface area contributed by atoms with Crippen LogP contribution in [0, 0.1) is 17.2 Å². The predicted octanol–water partition coefficient (Wildman–Crippen LogP) is 3.36. The van der Waals surface area contributed by atoms with Crippen LogP contribution < -0.4 is 11.1 Å². The molecule has 0 bridgehead atoms. The zero-order chi connectivity index (χ0) is 15.5. The Morgan fingerprint density at radius 2 is 2.14 bits per heavy atom. The second-order valence-electron chi connectivity index (χ2n) is 6.09. The minimum Gasteiger partial charge on any atom is -0.351 e. The van der Waals surface area contributed by atoms with Crippen molar-refractivity contribution in [2.24, 2.45) is 17.1 Å². The number of rotatable bonds is 4. The highest BCUT2D eigenvalue weighted by atomic mass is 79.9. The van der Waals surface area contributed by atoms with E-state index in [0.29, 0.717) is 19.0 Å². The lowest BCUT2D eigenvalue weighted by Gasteiger charge is -2.37. The summed E-state index contributed by atoms with van der Waals surface area (Å²) in [6.07, 6.45) is 3.74. The lowest BCUT2D eigenvalue weighted by molar-refractivity contribution is -0.133. The summed E-state index contributed by atoms with van der Waals surface area (Å²) in [6, 6.07) is 4.47. The molecular weight excluding hydrogens is 335 g/mol. The van der Waals surface area contributed by atoms with Crippen LogP contribution in [-0.4, -0.2) is 12.5 Å². The molecule has 1 aromatic rings. The number of nitrogens with one attached hydrogen (secondary N) is 1. The summed E-state index contributed by atoms with van der Waals surface area (Å²) in [6.45, 7) is 2.90. The van der Waals surface area contributed by atoms with Crippen LogP contribution in [-0.2, 0) is 11.3 Å². The van der Waals surface area contributed by atoms with Crippen LogP contribution in [0.5, 0.6) is 0 Å². The van der Waals surface area contributed by atoms with Gasteiger partial charge in [-0.25, -0.2) is 4.39 Å². The van der Waals surface area contributed by atoms with Crippen molar-refractivity contribution in [2.45, 2.75) is 39.2 Å². The number of benzene rings is 1. The molecule has 2 rings (SSSR count). The van der Waals surface area contributed by atoms with E-state index < -0.39 is 5.41 Å². The second-order valence-corrected chi connectivity index (χ2v) is 6.94. The molecule has 0 aliphatic heterocycles. The fourth-order valence-corrected chi connectivity index (χ4v) is 3.27. The molecule has 1 aliphatic carbocycles. The molecule has 3 nitrogen and oxygen atoms in total. The molecule has 21 heavy (non-hydrogen) atoms. The highest BCUT2D eigenvalue weighted by Crippen LogP contribution is 2.38. The minimum atomic E-state index is -0.452. The number of hydrogen-bond donors (Lipinski definition) is 2. The van der Waals surface area contributed by atoms with Crippen LogP contribution in [0.4, 0.5) is 4.39 Å². The van der Waals surface area contributed by atoms with Crippen molar-refractivity contribution >= 4 is 21.8 Å². The number of carbonyl (C=O) groups excluding carboxylic acids is 1. The maximum absolute atomic E-state index is 13.3. The zero-order valence-electron chi connectivity index (χ0n) is 12.3. The van der Waals surface area contributed by atoms with Gasteiger partial charge in [0, 0.05) is 17.6 Å². The highest BCUT2D eigenvalue weighted by Gasteiger charge is 2.39. The van der Waals surface area contributed by atoms with Crippen LogP contribution in [0.3, 0.4) is 0 Å². The van der Waals surface area contributed by atoms with Crippen LogP contribution in [0.15, 0.2) is 22.7 Å². The fourth-order valence-electron chi connectivity index (χ4n) is 2.88. The third-order valence-corrected chi connectivity index (χ3v) is 5.32. The lowest BCUT2D eigenvalue weighted by atomic mass is 9.70. The quantitative estimate of drug-likeness (QED) is 0.868. The molecule has 1 amide bonds. The van der Waals surface area contributed by atoms with Crippen molar-refractivity contribution in [1.29, 1.82) is 0 Å². The molecule has 1 fully saturated rings. The predicted molar refractivity (Wildman–Crippen MR) is 85.1 cm³/mol. The van der Waals surface area contributed by atoms with Crippen LogP contribution in [0.1, 0.15) is 38.2 Å². The Kier molecular flexibility index (Phi) is 5.38. The van der Waals surface area contributed by atoms with Gasteiger partial charge < -0.3 is 11.1 Å². The number of carbonyl (C=O) groups is 1. The van der Waals surface area contributed by atoms with Crippen molar-refractivity contribution in [2.75, 3.05) is 6.54 Å². The zero-order valence-corrected chi connectivity index (χ0v) is 13.9. The highest BCUT2D eigenvalue weighted by molar-refractivity contribution is 9.10. The third kappa shape index (κ3) is 3.83. The molecule has 1 saturated carbocycles. The van der Waals surface area contributed by atoms with Crippen molar-refractivity contribution in [3.8, 4) is 0 Å². The standard InChI is InChI=1S/C16H22BrFN2O/c1-11-4-6-16(10-19,7-5-11)15(21)20-9-12-8-13(18)2-3-14(12)17/h2-3,8,11H,4-7,9-10,19H2,1H3,(H,20,21). The first kappa shape index (κ1) is 16.4. The lowest BCUT2D eigenvalue weighted by Crippen LogP contribution is -2.47. The van der Waals surface area contributed by atoms with E-state index in [0.717, 1.165) is 35.7 Å². The van der Waals surface area contributed by atoms with Gasteiger partial charge in [-0.2, -0.15) is 0 Å². The van der Waals surface area contributed by atoms with E-state index in [1.54, 1.807) is 6.07 Å². The van der Waals surface area contributed by atoms with E-state index in [2.05, 4.69) is 28.2 Å². The molecule has 1 aromatic carbocycles. The summed E-state index contributed by atoms with van der Waals surface area (Å²) in [7, 11) is 0. The Bertz CT molecular complexity index is 513. The van der Waals surface area contributed by atoms with Gasteiger partial charge in [-0.15, -0.1) is 0 Å². The summed E-state index contributed by atoms with van der Waals surface area (Å²) in [5.74, 6) is 0.352. The van der Waals surface area contributed by atoms with E-state index in [1.807, 2.05) is 0 Å². The second kappa shape index (κ2) is 6.88. The fraction of sp³-hybridized carbons (Fsp3) is 0.562. The molecule has 116 valence electrons. The molecule has 0 radical (unpaired) electrons. The van der Waals surface area contributed by atoms with Crippen molar-refractivity contribution in [3.05, 3.63) is 34.1 Å². The van der Waals surface area contributed by atoms with Crippen molar-refractivity contribution in [1.82, 2.24) is 5.32 Å². The number of nitrogens with two attached hydrogens (primary N) is 1. The van der Waals surface area contributed by atoms with E-state index in [1.165, 1.54) is 12.1 Å². The molecule has 0 spiro atoms. The molecule has 0 heterocycles. The Hall–Kier alpha value is -0.940. The van der Waals surface area contributed by atoms with Gasteiger partial charge in [0.15, 0.2) is 0 Å². The first-order valence-electron chi connectivity index (χ1n) is 7.39. The average molecular weight is 357 g/mol. The van der Waals surface area contributed by atoms with E-state index in [-0.39, 0.29) is 11.7 Å². The van der Waals surface area contributed by atoms with Crippen molar-refractivity contribution in [3.63, 3.8) is 0 Å². The first-order chi connectivity index (χ1) is 9.97. The topological polar surface area (TPSA) is 55.1 Å². The van der Waals surface area contributed by atoms with Gasteiger partial charge in [-0.05, 0) is 55.4 Å². The van der Waals surface area contributed by atoms with E-state index in [4.69, 9.17) is 5.73 Å². The molecular formula is C16H22BrFN2O. The summed E-state index contributed by atoms with van der Waals surface area (Å²) in [5.41, 5.74) is 6.16.